The molecule has 1 rings (SSSR count). The van der Waals surface area contributed by atoms with E-state index in [-0.39, 0.29) is 17.8 Å². The van der Waals surface area contributed by atoms with Gasteiger partial charge in [0.1, 0.15) is 6.61 Å². The van der Waals surface area contributed by atoms with E-state index in [4.69, 9.17) is 4.74 Å². The Morgan fingerprint density at radius 1 is 1.13 bits per heavy atom. The first-order valence-electron chi connectivity index (χ1n) is 8.17. The number of ketones is 1. The summed E-state index contributed by atoms with van der Waals surface area (Å²) in [4.78, 5) is 24.4. The number of amides is 1. The van der Waals surface area contributed by atoms with Gasteiger partial charge in [0.05, 0.1) is 6.04 Å². The van der Waals surface area contributed by atoms with Crippen LogP contribution in [0.15, 0.2) is 30.3 Å². The summed E-state index contributed by atoms with van der Waals surface area (Å²) in [6.07, 6.45) is 0.514. The lowest BCUT2D eigenvalue weighted by Gasteiger charge is -2.24. The molecule has 0 bridgehead atoms. The smallest absolute Gasteiger partial charge is 0.408 e. The zero-order valence-electron chi connectivity index (χ0n) is 14.9. The van der Waals surface area contributed by atoms with Crippen molar-refractivity contribution in [2.75, 3.05) is 0 Å². The number of hydrogen-bond donors (Lipinski definition) is 1. The zero-order valence-corrected chi connectivity index (χ0v) is 14.9. The van der Waals surface area contributed by atoms with Gasteiger partial charge in [-0.25, -0.2) is 4.79 Å². The number of benzene rings is 1. The van der Waals surface area contributed by atoms with Gasteiger partial charge in [0.2, 0.25) is 0 Å². The van der Waals surface area contributed by atoms with E-state index in [0.717, 1.165) is 5.56 Å². The van der Waals surface area contributed by atoms with Crippen LogP contribution >= 0.6 is 0 Å². The number of alkyl carbamates (subject to hydrolysis) is 1. The van der Waals surface area contributed by atoms with Gasteiger partial charge in [-0.2, -0.15) is 0 Å². The van der Waals surface area contributed by atoms with Gasteiger partial charge >= 0.3 is 6.09 Å². The Morgan fingerprint density at radius 2 is 1.74 bits per heavy atom. The first-order valence-corrected chi connectivity index (χ1v) is 8.17. The van der Waals surface area contributed by atoms with Crippen molar-refractivity contribution in [3.63, 3.8) is 0 Å². The van der Waals surface area contributed by atoms with E-state index in [9.17, 15) is 9.59 Å². The molecule has 0 aliphatic carbocycles. The van der Waals surface area contributed by atoms with Crippen LogP contribution in [0, 0.1) is 11.3 Å². The standard InChI is InChI=1S/C19H29NO3/c1-14(2)11-16(17(21)12-19(3,4)5)20-18(22)23-13-15-9-7-6-8-10-15/h6-10,14,16H,11-13H2,1-5H3,(H,20,22). The summed E-state index contributed by atoms with van der Waals surface area (Å²) in [6.45, 7) is 10.3. The molecule has 1 atom stereocenters. The van der Waals surface area contributed by atoms with Crippen molar-refractivity contribution in [1.29, 1.82) is 0 Å². The van der Waals surface area contributed by atoms with Crippen molar-refractivity contribution in [1.82, 2.24) is 5.32 Å². The van der Waals surface area contributed by atoms with Crippen molar-refractivity contribution in [3.8, 4) is 0 Å². The number of carbonyl (C=O) groups excluding carboxylic acids is 2. The molecule has 0 spiro atoms. The lowest BCUT2D eigenvalue weighted by atomic mass is 9.86. The van der Waals surface area contributed by atoms with Crippen LogP contribution in [0.2, 0.25) is 0 Å². The van der Waals surface area contributed by atoms with Crippen LogP contribution in [-0.2, 0) is 16.1 Å². The number of rotatable bonds is 7. The number of Topliss-reactive ketones (excluding diaryl/α,β-unsaturated/α-hetero) is 1. The fourth-order valence-electron chi connectivity index (χ4n) is 2.30. The van der Waals surface area contributed by atoms with Gasteiger partial charge in [-0.05, 0) is 23.3 Å². The predicted molar refractivity (Wildman–Crippen MR) is 92.1 cm³/mol. The Balaban J connectivity index is 2.58. The molecular weight excluding hydrogens is 290 g/mol. The van der Waals surface area contributed by atoms with Crippen molar-refractivity contribution < 1.29 is 14.3 Å². The van der Waals surface area contributed by atoms with E-state index in [1.165, 1.54) is 0 Å². The van der Waals surface area contributed by atoms with E-state index >= 15 is 0 Å². The summed E-state index contributed by atoms with van der Waals surface area (Å²) >= 11 is 0. The van der Waals surface area contributed by atoms with Crippen molar-refractivity contribution >= 4 is 11.9 Å². The Labute approximate surface area is 139 Å². The third-order valence-corrected chi connectivity index (χ3v) is 3.31. The Morgan fingerprint density at radius 3 is 2.26 bits per heavy atom. The second-order valence-corrected chi connectivity index (χ2v) is 7.59. The molecule has 4 heteroatoms. The fourth-order valence-corrected chi connectivity index (χ4v) is 2.30. The SMILES string of the molecule is CC(C)CC(NC(=O)OCc1ccccc1)C(=O)CC(C)(C)C. The number of hydrogen-bond acceptors (Lipinski definition) is 3. The molecule has 1 N–H and O–H groups in total. The third kappa shape index (κ3) is 8.38. The van der Waals surface area contributed by atoms with Crippen LogP contribution < -0.4 is 5.32 Å². The van der Waals surface area contributed by atoms with Gasteiger partial charge < -0.3 is 10.1 Å². The van der Waals surface area contributed by atoms with Crippen LogP contribution in [0.5, 0.6) is 0 Å². The highest BCUT2D eigenvalue weighted by atomic mass is 16.5. The van der Waals surface area contributed by atoms with Crippen LogP contribution in [0.25, 0.3) is 0 Å². The highest BCUT2D eigenvalue weighted by Crippen LogP contribution is 2.21. The zero-order chi connectivity index (χ0) is 17.5. The Hall–Kier alpha value is -1.84. The van der Waals surface area contributed by atoms with Gasteiger partial charge in [0.25, 0.3) is 0 Å². The minimum atomic E-state index is -0.540. The third-order valence-electron chi connectivity index (χ3n) is 3.31. The van der Waals surface area contributed by atoms with Crippen LogP contribution in [-0.4, -0.2) is 17.9 Å². The van der Waals surface area contributed by atoms with Gasteiger partial charge in [-0.3, -0.25) is 4.79 Å². The topological polar surface area (TPSA) is 55.4 Å². The summed E-state index contributed by atoms with van der Waals surface area (Å²) < 4.78 is 5.22. The van der Waals surface area contributed by atoms with E-state index in [1.807, 2.05) is 65.0 Å². The maximum atomic E-state index is 12.4. The Kier molecular flexibility index (Phi) is 7.27. The quantitative estimate of drug-likeness (QED) is 0.813. The minimum Gasteiger partial charge on any atom is -0.445 e. The molecule has 0 saturated heterocycles. The monoisotopic (exact) mass is 319 g/mol. The van der Waals surface area contributed by atoms with E-state index in [1.54, 1.807) is 0 Å². The fraction of sp³-hybridized carbons (Fsp3) is 0.579. The minimum absolute atomic E-state index is 0.0582. The van der Waals surface area contributed by atoms with E-state index < -0.39 is 12.1 Å². The van der Waals surface area contributed by atoms with Crippen LogP contribution in [0.3, 0.4) is 0 Å². The second kappa shape index (κ2) is 8.70. The highest BCUT2D eigenvalue weighted by Gasteiger charge is 2.26. The number of ether oxygens (including phenoxy) is 1. The average Bonchev–Trinajstić information content (AvgIpc) is 2.43. The average molecular weight is 319 g/mol. The molecule has 1 unspecified atom stereocenters. The second-order valence-electron chi connectivity index (χ2n) is 7.59. The summed E-state index contributed by atoms with van der Waals surface area (Å²) in [5, 5.41) is 2.73. The Bertz CT molecular complexity index is 503. The predicted octanol–water partition coefficient (Wildman–Crippen LogP) is 4.33. The number of carbonyl (C=O) groups is 2. The first kappa shape index (κ1) is 19.2. The normalized spacial score (nSPS) is 12.8. The molecule has 4 nitrogen and oxygen atoms in total. The maximum Gasteiger partial charge on any atom is 0.408 e. The van der Waals surface area contributed by atoms with E-state index in [2.05, 4.69) is 5.32 Å². The summed E-state index contributed by atoms with van der Waals surface area (Å²) in [7, 11) is 0. The summed E-state index contributed by atoms with van der Waals surface area (Å²) in [5.41, 5.74) is 0.825. The van der Waals surface area contributed by atoms with Gasteiger partial charge in [0, 0.05) is 6.42 Å². The van der Waals surface area contributed by atoms with Gasteiger partial charge in [-0.15, -0.1) is 0 Å². The first-order chi connectivity index (χ1) is 10.7. The molecule has 23 heavy (non-hydrogen) atoms. The largest absolute Gasteiger partial charge is 0.445 e. The molecule has 0 radical (unpaired) electrons. The van der Waals surface area contributed by atoms with Gasteiger partial charge in [-0.1, -0.05) is 65.0 Å². The number of nitrogens with one attached hydrogen (secondary N) is 1. The molecule has 0 heterocycles. The maximum absolute atomic E-state index is 12.4. The van der Waals surface area contributed by atoms with Crippen molar-refractivity contribution in [2.45, 2.75) is 60.1 Å². The van der Waals surface area contributed by atoms with Crippen LogP contribution in [0.4, 0.5) is 4.79 Å². The van der Waals surface area contributed by atoms with E-state index in [0.29, 0.717) is 18.8 Å². The van der Waals surface area contributed by atoms with Crippen molar-refractivity contribution in [2.24, 2.45) is 11.3 Å². The molecular formula is C19H29NO3. The molecule has 1 aromatic rings. The molecule has 0 aliphatic heterocycles. The molecule has 0 aliphatic rings. The molecule has 1 aromatic carbocycles. The lowest BCUT2D eigenvalue weighted by Crippen LogP contribution is -2.43. The lowest BCUT2D eigenvalue weighted by molar-refractivity contribution is -0.123. The van der Waals surface area contributed by atoms with Crippen LogP contribution in [0.1, 0.15) is 53.0 Å². The molecule has 0 fully saturated rings. The van der Waals surface area contributed by atoms with Crippen molar-refractivity contribution in [3.05, 3.63) is 35.9 Å². The molecule has 1 amide bonds. The molecule has 0 aromatic heterocycles. The highest BCUT2D eigenvalue weighted by molar-refractivity contribution is 5.87. The van der Waals surface area contributed by atoms with Gasteiger partial charge in [0.15, 0.2) is 5.78 Å². The summed E-state index contributed by atoms with van der Waals surface area (Å²) in [5.74, 6) is 0.376. The molecule has 128 valence electrons. The summed E-state index contributed by atoms with van der Waals surface area (Å²) in [6, 6.07) is 8.99. The molecule has 0 saturated carbocycles.